The fraction of sp³-hybridized carbons (Fsp3) is 0.767. The summed E-state index contributed by atoms with van der Waals surface area (Å²) in [5.41, 5.74) is 1.02. The predicted octanol–water partition coefficient (Wildman–Crippen LogP) is -1.79. The van der Waals surface area contributed by atoms with E-state index in [1.165, 1.54) is 14.2 Å². The molecule has 1 aliphatic carbocycles. The molecule has 2 fully saturated rings. The van der Waals surface area contributed by atoms with Crippen LogP contribution in [0.4, 0.5) is 0 Å². The van der Waals surface area contributed by atoms with E-state index in [4.69, 9.17) is 102 Å². The van der Waals surface area contributed by atoms with E-state index in [0.717, 1.165) is 14.2 Å². The van der Waals surface area contributed by atoms with Gasteiger partial charge in [-0.1, -0.05) is 80.7 Å². The van der Waals surface area contributed by atoms with Crippen molar-refractivity contribution < 1.29 is 196 Å². The van der Waals surface area contributed by atoms with Gasteiger partial charge in [0, 0.05) is 61.0 Å². The van der Waals surface area contributed by atoms with Gasteiger partial charge in [0.15, 0.2) is 65.6 Å². The number of carbonyl (C=O) groups is 8. The van der Waals surface area contributed by atoms with Crippen molar-refractivity contribution >= 4 is 98.0 Å². The topological polar surface area (TPSA) is 543 Å². The Morgan fingerprint density at radius 3 is 0.970 bits per heavy atom. The van der Waals surface area contributed by atoms with Crippen LogP contribution in [0.3, 0.4) is 0 Å². The number of ether oxygens (including phenoxy) is 10. The maximum atomic E-state index is 12.3. The van der Waals surface area contributed by atoms with Crippen LogP contribution in [0.1, 0.15) is 159 Å². The molecule has 0 saturated carbocycles. The van der Waals surface area contributed by atoms with Gasteiger partial charge < -0.3 is 115 Å². The van der Waals surface area contributed by atoms with Crippen molar-refractivity contribution in [2.75, 3.05) is 55.9 Å². The summed E-state index contributed by atoms with van der Waals surface area (Å²) in [6, 6.07) is 6.93. The summed E-state index contributed by atoms with van der Waals surface area (Å²) in [6.45, 7) is 21.4. The second kappa shape index (κ2) is 63.8. The van der Waals surface area contributed by atoms with Gasteiger partial charge in [-0.2, -0.15) is 8.42 Å². The monoisotopic (exact) mass is 1540 g/mol. The number of hydrogen-bond donors (Lipinski definition) is 13. The Morgan fingerprint density at radius 2 is 0.790 bits per heavy atom. The minimum Gasteiger partial charge on any atom is -1.00 e. The average molecular weight is 1550 g/mol. The van der Waals surface area contributed by atoms with E-state index >= 15 is 0 Å². The Labute approximate surface area is 626 Å². The van der Waals surface area contributed by atoms with Crippen LogP contribution in [0.2, 0.25) is 0 Å². The number of fused-ring (bicyclic) bond motifs is 1. The minimum absolute atomic E-state index is 0. The SMILES string of the molecule is C.C.CC1(C)O[C@H](CO)[C@@H](CO)O1.CC[C@@H](O)[C@H](CC)C1C(=O)c2ccccc2C1=O.CC[C@@H](O)[C@H](O)CC.CC[C@@H](O)[C@H](O)CC.COC(=O)[C@@H](O)[C@H](O)C(=O)OC.COC(=O)[C@H]1OC(C)(C)O[C@@H]1C(=O)OC.COC(C)(C)OC.O=C(O)[C@@H](O)[C@H](O)C(=O)O.O=S(Cl)Cl.O=S=O.[B].[H-].[Na+]. The first kappa shape index (κ1) is 117. The Hall–Kier alpha value is -3.69. The van der Waals surface area contributed by atoms with E-state index in [-0.39, 0.29) is 84.9 Å². The van der Waals surface area contributed by atoms with Crippen LogP contribution in [0.15, 0.2) is 24.3 Å². The number of carbonyl (C=O) groups excluding carboxylic acids is 6. The number of rotatable bonds is 22. The number of halogens is 2. The first-order valence-electron chi connectivity index (χ1n) is 29.1. The van der Waals surface area contributed by atoms with Crippen LogP contribution in [-0.4, -0.2) is 287 Å². The number of aliphatic hydroxyl groups is 11. The van der Waals surface area contributed by atoms with E-state index < -0.39 is 159 Å². The quantitative estimate of drug-likeness (QED) is 0.0152. The normalized spacial score (nSPS) is 19.2. The number of ketones is 2. The molecular formula is C60H111BCl2NaO34S2. The van der Waals surface area contributed by atoms with Crippen molar-refractivity contribution in [1.29, 1.82) is 0 Å². The van der Waals surface area contributed by atoms with Crippen LogP contribution in [0.25, 0.3) is 0 Å². The van der Waals surface area contributed by atoms with Gasteiger partial charge in [0.2, 0.25) is 9.23 Å². The van der Waals surface area contributed by atoms with Gasteiger partial charge in [-0.3, -0.25) is 9.59 Å². The first-order chi connectivity index (χ1) is 44.3. The Bertz CT molecular complexity index is 2300. The van der Waals surface area contributed by atoms with Gasteiger partial charge in [-0.05, 0) is 80.1 Å². The molecule has 3 aliphatic rings. The maximum Gasteiger partial charge on any atom is 1.00 e. The number of Topliss-reactive ketones (excluding diaryl/α,β-unsaturated/α-hetero) is 2. The van der Waals surface area contributed by atoms with Crippen LogP contribution < -0.4 is 29.6 Å². The summed E-state index contributed by atoms with van der Waals surface area (Å²) < 4.78 is 73.6. The standard InChI is InChI=1S/C15H18O3.C9H14O6.C7H14O4.C6H10O6.2C6H14O2.C5H12O2.C4H6O6.2CH4.B.Cl2OS.Na.O2S.H/c1-3-9(12(16)4-2)13-14(17)10-7-5-6-8-11(10)15(13)18;1-9(2)14-5(7(10)12-3)6(15-9)8(11)13-4;1-7(2)10-5(3-8)6(4-9)11-7;1-11-5(9)3(7)4(8)6(10)12-2;2*1-3-5(7)6(8)4-2;1-5(2,6-3)7-4;5-1(3(7)8)2(6)4(9)10;;;;1-4(2)3;;1-3-2;/h5-9,12-13,16H,3-4H2,1-2H3;5-6H,1-4H3;5-6,8-9H,3-4H2,1-2H3;3-4,7-8H,1-2H3;2*5-8H,3-4H2,1-2H3;1-4H3;1-2,5-6H,(H,7,8)(H,9,10);2*1H4;;;;;/q;;;;;;;;;;;;+1;;-1/t9-,12+;2*5-,6-;3-,4-;2*5-,6-;;1-,2-;;;;;;;/m001011.0......./s1. The van der Waals surface area contributed by atoms with Gasteiger partial charge in [0.05, 0.1) is 78.1 Å². The summed E-state index contributed by atoms with van der Waals surface area (Å²) >= 11 is -0.750. The number of hydrogen-bond acceptors (Lipinski definition) is 32. The van der Waals surface area contributed by atoms with Gasteiger partial charge in [-0.15, -0.1) is 0 Å². The number of carboxylic acid groups (broad SMARTS) is 2. The molecule has 2 heterocycles. The van der Waals surface area contributed by atoms with Crippen molar-refractivity contribution in [2.45, 2.75) is 233 Å². The molecular weight excluding hydrogens is 1430 g/mol. The van der Waals surface area contributed by atoms with Gasteiger partial charge in [-0.25, -0.2) is 33.0 Å². The molecule has 0 amide bonds. The van der Waals surface area contributed by atoms with Crippen LogP contribution >= 0.6 is 21.4 Å². The van der Waals surface area contributed by atoms with Gasteiger partial charge in [0.1, 0.15) is 12.2 Å². The third-order valence-electron chi connectivity index (χ3n) is 13.0. The molecule has 1 aromatic rings. The van der Waals surface area contributed by atoms with Crippen molar-refractivity contribution in [1.82, 2.24) is 0 Å². The molecule has 585 valence electrons. The van der Waals surface area contributed by atoms with E-state index in [0.29, 0.717) is 49.7 Å². The average Bonchev–Trinajstić information content (AvgIpc) is 1.62. The molecule has 14 atom stereocenters. The zero-order chi connectivity index (χ0) is 76.8. The zero-order valence-electron chi connectivity index (χ0n) is 59.7. The molecule has 1 aromatic carbocycles. The van der Waals surface area contributed by atoms with E-state index in [1.54, 1.807) is 66.2 Å². The predicted molar refractivity (Wildman–Crippen MR) is 360 cm³/mol. The smallest absolute Gasteiger partial charge is 1.00 e. The first-order valence-corrected chi connectivity index (χ1v) is 32.6. The van der Waals surface area contributed by atoms with E-state index in [2.05, 4.69) is 40.3 Å². The zero-order valence-corrected chi connectivity index (χ0v) is 63.8. The minimum atomic E-state index is -2.27. The second-order valence-electron chi connectivity index (χ2n) is 20.9. The number of aliphatic carboxylic acids is 2. The van der Waals surface area contributed by atoms with Crippen LogP contribution in [0, 0.1) is 11.8 Å². The van der Waals surface area contributed by atoms with E-state index in [1.807, 2.05) is 55.4 Å². The summed E-state index contributed by atoms with van der Waals surface area (Å²) in [4.78, 5) is 87.8. The molecule has 100 heavy (non-hydrogen) atoms. The molecule has 0 bridgehead atoms. The summed E-state index contributed by atoms with van der Waals surface area (Å²) in [5.74, 6) is -10.4. The second-order valence-corrected chi connectivity index (χ2v) is 23.5. The third kappa shape index (κ3) is 49.1. The number of methoxy groups -OCH3 is 6. The molecule has 13 N–H and O–H groups in total. The van der Waals surface area contributed by atoms with Crippen molar-refractivity contribution in [3.8, 4) is 0 Å². The third-order valence-corrected chi connectivity index (χ3v) is 13.0. The fourth-order valence-electron chi connectivity index (χ4n) is 7.29. The van der Waals surface area contributed by atoms with E-state index in [9.17, 15) is 43.5 Å². The molecule has 2 aliphatic heterocycles. The molecule has 0 aromatic heterocycles. The van der Waals surface area contributed by atoms with Crippen molar-refractivity contribution in [2.24, 2.45) is 11.8 Å². The van der Waals surface area contributed by atoms with Crippen molar-refractivity contribution in [3.05, 3.63) is 35.4 Å². The van der Waals surface area contributed by atoms with Gasteiger partial charge in [0.25, 0.3) is 0 Å². The number of benzene rings is 1. The molecule has 34 nitrogen and oxygen atoms in total. The summed E-state index contributed by atoms with van der Waals surface area (Å²) in [5, 5.41) is 113. The molecule has 0 spiro atoms. The maximum absolute atomic E-state index is 12.3. The Morgan fingerprint density at radius 1 is 0.540 bits per heavy atom. The fourth-order valence-corrected chi connectivity index (χ4v) is 7.29. The molecule has 2 saturated heterocycles. The number of carboxylic acids is 2. The van der Waals surface area contributed by atoms with Gasteiger partial charge >= 0.3 is 76.9 Å². The summed E-state index contributed by atoms with van der Waals surface area (Å²) in [7, 11) is 15.1. The van der Waals surface area contributed by atoms with Crippen LogP contribution in [0.5, 0.6) is 0 Å². The molecule has 40 heteroatoms. The number of aliphatic hydroxyl groups excluding tert-OH is 11. The molecule has 0 unspecified atom stereocenters. The molecule has 3 radical (unpaired) electrons. The summed E-state index contributed by atoms with van der Waals surface area (Å²) in [6.07, 6.45) is -10.2. The Kier molecular flexibility index (Phi) is 74.9. The largest absolute Gasteiger partial charge is 1.00 e. The number of esters is 4. The van der Waals surface area contributed by atoms with Crippen molar-refractivity contribution in [3.63, 3.8) is 0 Å². The Balaban J connectivity index is -0.000000101. The molecule has 4 rings (SSSR count). The van der Waals surface area contributed by atoms with Crippen LogP contribution in [-0.2, 0) is 96.9 Å².